The summed E-state index contributed by atoms with van der Waals surface area (Å²) in [5.41, 5.74) is 3.55. The summed E-state index contributed by atoms with van der Waals surface area (Å²) in [5.74, 6) is 0.206. The van der Waals surface area contributed by atoms with E-state index in [2.05, 4.69) is 20.1 Å². The average molecular weight is 545 g/mol. The van der Waals surface area contributed by atoms with Crippen LogP contribution in [0.1, 0.15) is 41.0 Å². The van der Waals surface area contributed by atoms with E-state index < -0.39 is 18.1 Å². The van der Waals surface area contributed by atoms with Crippen LogP contribution in [0, 0.1) is 13.8 Å². The highest BCUT2D eigenvalue weighted by Gasteiger charge is 2.39. The van der Waals surface area contributed by atoms with Crippen LogP contribution in [0.15, 0.2) is 42.7 Å². The molecule has 5 rings (SSSR count). The number of carbonyl (C=O) groups excluding carboxylic acids is 3. The third-order valence-electron chi connectivity index (χ3n) is 7.00. The lowest BCUT2D eigenvalue weighted by Crippen LogP contribution is -2.43. The summed E-state index contributed by atoms with van der Waals surface area (Å²) in [6.07, 6.45) is 1.95. The fourth-order valence-electron chi connectivity index (χ4n) is 5.07. The summed E-state index contributed by atoms with van der Waals surface area (Å²) in [5, 5.41) is 5.00. The Morgan fingerprint density at radius 3 is 2.52 bits per heavy atom. The molecular formula is C29H29FN6O4. The SMILES string of the molecule is COc1cc(C)nc(CC(=O)[C@@H]2C[C@@H](F)CN2C(=O)Cn2nc(C(C)=O)c3cc(-c4cnc(C)nc4)ccc32)c1. The van der Waals surface area contributed by atoms with Gasteiger partial charge in [0.1, 0.15) is 30.0 Å². The quantitative estimate of drug-likeness (QED) is 0.309. The van der Waals surface area contributed by atoms with Crippen molar-refractivity contribution < 1.29 is 23.5 Å². The highest BCUT2D eigenvalue weighted by molar-refractivity contribution is 6.06. The zero-order chi connectivity index (χ0) is 28.6. The smallest absolute Gasteiger partial charge is 0.245 e. The molecule has 206 valence electrons. The van der Waals surface area contributed by atoms with Crippen molar-refractivity contribution in [2.24, 2.45) is 0 Å². The summed E-state index contributed by atoms with van der Waals surface area (Å²) in [6.45, 7) is 4.57. The molecule has 1 fully saturated rings. The molecule has 3 aromatic heterocycles. The van der Waals surface area contributed by atoms with Crippen LogP contribution >= 0.6 is 0 Å². The van der Waals surface area contributed by atoms with Gasteiger partial charge in [0, 0.05) is 54.5 Å². The number of nitrogens with zero attached hydrogens (tertiary/aromatic N) is 6. The standard InChI is InChI=1S/C29H29FN6O4/c1-16-7-23(40-4)10-22(33-16)11-27(38)26-9-21(30)14-35(26)28(39)15-36-25-6-5-19(20-12-31-18(3)32-13-20)8-24(25)29(34-36)17(2)37/h5-8,10,12-13,21,26H,9,11,14-15H2,1-4H3/t21-,26+/m1/s1. The van der Waals surface area contributed by atoms with E-state index in [1.165, 1.54) is 23.6 Å². The van der Waals surface area contributed by atoms with Gasteiger partial charge < -0.3 is 9.64 Å². The minimum Gasteiger partial charge on any atom is -0.497 e. The number of alkyl halides is 1. The number of carbonyl (C=O) groups is 3. The Balaban J connectivity index is 1.40. The number of ether oxygens (including phenoxy) is 1. The minimum absolute atomic E-state index is 0.0517. The maximum absolute atomic E-state index is 14.5. The van der Waals surface area contributed by atoms with E-state index in [9.17, 15) is 18.8 Å². The second-order valence-corrected chi connectivity index (χ2v) is 9.99. The normalized spacial score (nSPS) is 16.9. The third kappa shape index (κ3) is 5.45. The second-order valence-electron chi connectivity index (χ2n) is 9.99. The van der Waals surface area contributed by atoms with E-state index in [0.717, 1.165) is 11.1 Å². The first-order chi connectivity index (χ1) is 19.1. The van der Waals surface area contributed by atoms with Crippen molar-refractivity contribution in [3.63, 3.8) is 0 Å². The molecule has 2 atom stereocenters. The van der Waals surface area contributed by atoms with E-state index in [4.69, 9.17) is 4.74 Å². The molecular weight excluding hydrogens is 515 g/mol. The average Bonchev–Trinajstić information content (AvgIpc) is 3.49. The van der Waals surface area contributed by atoms with Crippen molar-refractivity contribution >= 4 is 28.4 Å². The molecule has 1 saturated heterocycles. The zero-order valence-corrected chi connectivity index (χ0v) is 22.7. The van der Waals surface area contributed by atoms with Crippen LogP contribution in [-0.2, 0) is 22.6 Å². The van der Waals surface area contributed by atoms with Gasteiger partial charge in [-0.25, -0.2) is 14.4 Å². The third-order valence-corrected chi connectivity index (χ3v) is 7.00. The van der Waals surface area contributed by atoms with Crippen LogP contribution in [0.25, 0.3) is 22.0 Å². The number of likely N-dealkylation sites (tertiary alicyclic amines) is 1. The molecule has 0 bridgehead atoms. The van der Waals surface area contributed by atoms with Gasteiger partial charge in [-0.05, 0) is 31.5 Å². The molecule has 1 aromatic carbocycles. The summed E-state index contributed by atoms with van der Waals surface area (Å²) < 4.78 is 21.2. The first-order valence-electron chi connectivity index (χ1n) is 12.9. The van der Waals surface area contributed by atoms with Crippen LogP contribution in [0.4, 0.5) is 4.39 Å². The van der Waals surface area contributed by atoms with Gasteiger partial charge in [0.2, 0.25) is 5.91 Å². The van der Waals surface area contributed by atoms with Gasteiger partial charge in [0.25, 0.3) is 0 Å². The van der Waals surface area contributed by atoms with E-state index in [1.807, 2.05) is 12.1 Å². The number of methoxy groups -OCH3 is 1. The van der Waals surface area contributed by atoms with Crippen molar-refractivity contribution in [3.8, 4) is 16.9 Å². The molecule has 0 spiro atoms. The topological polar surface area (TPSA) is 120 Å². The van der Waals surface area contributed by atoms with Crippen LogP contribution in [0.3, 0.4) is 0 Å². The van der Waals surface area contributed by atoms with Crippen LogP contribution in [0.2, 0.25) is 0 Å². The molecule has 11 heteroatoms. The number of rotatable bonds is 8. The molecule has 1 amide bonds. The van der Waals surface area contributed by atoms with Gasteiger partial charge in [-0.3, -0.25) is 24.0 Å². The Morgan fingerprint density at radius 2 is 1.82 bits per heavy atom. The predicted molar refractivity (Wildman–Crippen MR) is 145 cm³/mol. The Bertz CT molecular complexity index is 1620. The highest BCUT2D eigenvalue weighted by Crippen LogP contribution is 2.28. The molecule has 1 aliphatic heterocycles. The van der Waals surface area contributed by atoms with Crippen molar-refractivity contribution in [2.75, 3.05) is 13.7 Å². The van der Waals surface area contributed by atoms with E-state index in [-0.39, 0.29) is 43.2 Å². The number of ketones is 2. The molecule has 0 radical (unpaired) electrons. The van der Waals surface area contributed by atoms with Crippen LogP contribution in [-0.4, -0.2) is 73.0 Å². The largest absolute Gasteiger partial charge is 0.497 e. The van der Waals surface area contributed by atoms with E-state index >= 15 is 0 Å². The Labute approximate surface area is 230 Å². The van der Waals surface area contributed by atoms with Gasteiger partial charge >= 0.3 is 0 Å². The Morgan fingerprint density at radius 1 is 1.07 bits per heavy atom. The number of aryl methyl sites for hydroxylation is 2. The number of hydrogen-bond donors (Lipinski definition) is 0. The predicted octanol–water partition coefficient (Wildman–Crippen LogP) is 3.47. The number of benzene rings is 1. The molecule has 0 saturated carbocycles. The number of Topliss-reactive ketones (excluding diaryl/α,β-unsaturated/α-hetero) is 2. The van der Waals surface area contributed by atoms with Crippen molar-refractivity contribution in [3.05, 3.63) is 65.6 Å². The first-order valence-corrected chi connectivity index (χ1v) is 12.9. The van der Waals surface area contributed by atoms with Crippen LogP contribution in [0.5, 0.6) is 5.75 Å². The monoisotopic (exact) mass is 544 g/mol. The number of hydrogen-bond acceptors (Lipinski definition) is 8. The Kier molecular flexibility index (Phi) is 7.38. The van der Waals surface area contributed by atoms with Gasteiger partial charge in [0.15, 0.2) is 11.6 Å². The molecule has 0 aliphatic carbocycles. The van der Waals surface area contributed by atoms with Gasteiger partial charge in [-0.1, -0.05) is 6.07 Å². The first kappa shape index (κ1) is 27.0. The fourth-order valence-corrected chi connectivity index (χ4v) is 5.07. The lowest BCUT2D eigenvalue weighted by Gasteiger charge is -2.23. The molecule has 10 nitrogen and oxygen atoms in total. The molecule has 4 heterocycles. The van der Waals surface area contributed by atoms with Crippen molar-refractivity contribution in [1.29, 1.82) is 0 Å². The number of halogens is 1. The number of amides is 1. The maximum Gasteiger partial charge on any atom is 0.245 e. The van der Waals surface area contributed by atoms with Gasteiger partial charge in [-0.15, -0.1) is 0 Å². The molecule has 40 heavy (non-hydrogen) atoms. The maximum atomic E-state index is 14.5. The highest BCUT2D eigenvalue weighted by atomic mass is 19.1. The number of fused-ring (bicyclic) bond motifs is 1. The summed E-state index contributed by atoms with van der Waals surface area (Å²) in [6, 6.07) is 7.92. The summed E-state index contributed by atoms with van der Waals surface area (Å²) in [4.78, 5) is 53.2. The van der Waals surface area contributed by atoms with Crippen molar-refractivity contribution in [2.45, 2.75) is 52.4 Å². The molecule has 0 N–H and O–H groups in total. The number of pyridine rings is 1. The zero-order valence-electron chi connectivity index (χ0n) is 22.7. The molecule has 1 aliphatic rings. The van der Waals surface area contributed by atoms with Gasteiger partial charge in [-0.2, -0.15) is 5.10 Å². The molecule has 4 aromatic rings. The lowest BCUT2D eigenvalue weighted by atomic mass is 10.0. The number of aromatic nitrogens is 5. The summed E-state index contributed by atoms with van der Waals surface area (Å²) in [7, 11) is 1.53. The Hall–Kier alpha value is -4.54. The minimum atomic E-state index is -1.32. The second kappa shape index (κ2) is 10.9. The lowest BCUT2D eigenvalue weighted by molar-refractivity contribution is -0.138. The van der Waals surface area contributed by atoms with Gasteiger partial charge in [0.05, 0.1) is 37.3 Å². The summed E-state index contributed by atoms with van der Waals surface area (Å²) >= 11 is 0. The fraction of sp³-hybridized carbons (Fsp3) is 0.345. The molecule has 0 unspecified atom stereocenters. The van der Waals surface area contributed by atoms with E-state index in [1.54, 1.807) is 44.4 Å². The van der Waals surface area contributed by atoms with E-state index in [0.29, 0.717) is 33.9 Å². The van der Waals surface area contributed by atoms with Crippen molar-refractivity contribution in [1.82, 2.24) is 29.6 Å². The van der Waals surface area contributed by atoms with Crippen LogP contribution < -0.4 is 4.74 Å².